The number of unbranched alkanes of at least 4 members (excludes halogenated alkanes) is 10. The summed E-state index contributed by atoms with van der Waals surface area (Å²) in [4.78, 5) is 64.2. The molecule has 12 atom stereocenters. The summed E-state index contributed by atoms with van der Waals surface area (Å²) in [6, 6.07) is 1.26. The van der Waals surface area contributed by atoms with Crippen molar-refractivity contribution >= 4 is 33.4 Å². The lowest BCUT2D eigenvalue weighted by Crippen LogP contribution is -2.52. The van der Waals surface area contributed by atoms with E-state index in [0.29, 0.717) is 44.9 Å². The molecule has 3 rings (SSSR count). The van der Waals surface area contributed by atoms with E-state index in [1.54, 1.807) is 0 Å². The molecule has 3 heterocycles. The smallest absolute Gasteiger partial charge is 0.462 e. The third kappa shape index (κ3) is 26.0. The number of hydrogen-bond donors (Lipinski definition) is 8. The topological polar surface area (TPSA) is 326 Å². The van der Waals surface area contributed by atoms with Gasteiger partial charge in [0, 0.05) is 37.3 Å². The second-order valence-corrected chi connectivity index (χ2v) is 22.0. The first-order chi connectivity index (χ1) is 34.9. The molecule has 73 heavy (non-hydrogen) atoms. The van der Waals surface area contributed by atoms with Gasteiger partial charge in [-0.15, -0.1) is 0 Å². The number of aromatic nitrogens is 2. The number of anilines is 1. The highest BCUT2D eigenvalue weighted by molar-refractivity contribution is 7.61. The van der Waals surface area contributed by atoms with Crippen molar-refractivity contribution in [3.05, 3.63) is 59.2 Å². The number of aliphatic hydroxyl groups is 5. The number of ether oxygens (including phenoxy) is 3. The van der Waals surface area contributed by atoms with E-state index >= 15 is 0 Å². The number of esters is 2. The van der Waals surface area contributed by atoms with Crippen LogP contribution in [0.15, 0.2) is 53.5 Å². The van der Waals surface area contributed by atoms with Crippen molar-refractivity contribution in [3.63, 3.8) is 0 Å². The number of fused-ring (bicyclic) bond motifs is 3. The third-order valence-corrected chi connectivity index (χ3v) is 15.4. The van der Waals surface area contributed by atoms with Gasteiger partial charge in [-0.1, -0.05) is 121 Å². The van der Waals surface area contributed by atoms with Gasteiger partial charge in [0.15, 0.2) is 6.10 Å². The summed E-state index contributed by atoms with van der Waals surface area (Å²) in [5.41, 5.74) is 4.81. The summed E-state index contributed by atoms with van der Waals surface area (Å²) < 4.78 is 59.1. The second kappa shape index (κ2) is 35.2. The van der Waals surface area contributed by atoms with Crippen LogP contribution in [-0.4, -0.2) is 119 Å². The summed E-state index contributed by atoms with van der Waals surface area (Å²) in [6.07, 6.45) is 14.5. The molecule has 2 bridgehead atoms. The number of nitrogen functional groups attached to an aromatic ring is 1. The SMILES string of the molecule is CCCCC/C=C\C/C=C\CCCCCCCC(=O)OC[C@@H]1COP(=O)(O)OP(=O)(O)OC[C@H]2O[C@@H](n3ccc(N)nc3=O)[C@@H](CCCCCCC(=O)O1)[C@@H](O)C[C@@H](O)[C@H](/C=C\[C@@H](O)CCCCC)[C@H](O)[C@@H]2O. The van der Waals surface area contributed by atoms with Gasteiger partial charge in [-0.05, 0) is 63.9 Å². The minimum absolute atomic E-state index is 0.0709. The van der Waals surface area contributed by atoms with Gasteiger partial charge in [0.05, 0.1) is 37.6 Å². The van der Waals surface area contributed by atoms with E-state index in [-0.39, 0.29) is 25.1 Å². The number of aliphatic hydroxyl groups excluding tert-OH is 5. The van der Waals surface area contributed by atoms with Crippen LogP contribution in [0.5, 0.6) is 0 Å². The van der Waals surface area contributed by atoms with E-state index in [1.807, 2.05) is 6.92 Å². The van der Waals surface area contributed by atoms with Gasteiger partial charge in [0.2, 0.25) is 0 Å². The average molecular weight is 1080 g/mol. The minimum Gasteiger partial charge on any atom is -0.462 e. The van der Waals surface area contributed by atoms with Gasteiger partial charge in [-0.25, -0.2) is 13.9 Å². The Balaban J connectivity index is 1.76. The normalized spacial score (nSPS) is 30.4. The highest BCUT2D eigenvalue weighted by Crippen LogP contribution is 2.60. The van der Waals surface area contributed by atoms with Crippen molar-refractivity contribution in [2.45, 2.75) is 210 Å². The highest BCUT2D eigenvalue weighted by Gasteiger charge is 2.45. The molecule has 0 aromatic carbocycles. The van der Waals surface area contributed by atoms with Crippen molar-refractivity contribution in [2.75, 3.05) is 25.6 Å². The van der Waals surface area contributed by atoms with E-state index in [9.17, 15) is 58.8 Å². The fourth-order valence-corrected chi connectivity index (χ4v) is 10.7. The first-order valence-electron chi connectivity index (χ1n) is 26.3. The average Bonchev–Trinajstić information content (AvgIpc) is 3.33. The summed E-state index contributed by atoms with van der Waals surface area (Å²) >= 11 is 0. The molecular formula is C50H85N3O18P2. The highest BCUT2D eigenvalue weighted by atomic mass is 31.3. The molecule has 1 aromatic rings. The van der Waals surface area contributed by atoms with E-state index < -0.39 is 120 Å². The number of nitrogens with zero attached hydrogens (tertiary/aromatic N) is 2. The quantitative estimate of drug-likeness (QED) is 0.0233. The monoisotopic (exact) mass is 1080 g/mol. The molecule has 0 radical (unpaired) electrons. The maximum Gasteiger partial charge on any atom is 0.481 e. The van der Waals surface area contributed by atoms with Crippen LogP contribution in [0.4, 0.5) is 5.82 Å². The van der Waals surface area contributed by atoms with Gasteiger partial charge in [0.25, 0.3) is 0 Å². The Morgan fingerprint density at radius 2 is 1.49 bits per heavy atom. The number of carbonyl (C=O) groups excluding carboxylic acids is 2. The number of nitrogens with two attached hydrogens (primary N) is 1. The molecule has 418 valence electrons. The first-order valence-corrected chi connectivity index (χ1v) is 29.2. The Kier molecular flexibility index (Phi) is 31.0. The number of rotatable bonds is 23. The minimum atomic E-state index is -5.69. The summed E-state index contributed by atoms with van der Waals surface area (Å²) in [7, 11) is -11.3. The van der Waals surface area contributed by atoms with E-state index in [0.717, 1.165) is 62.4 Å². The molecule has 2 aliphatic rings. The Labute approximate surface area is 430 Å². The number of carbonyl (C=O) groups is 2. The molecule has 2 fully saturated rings. The lowest BCUT2D eigenvalue weighted by molar-refractivity contribution is -0.195. The maximum atomic E-state index is 13.4. The van der Waals surface area contributed by atoms with Crippen LogP contribution in [0, 0.1) is 11.8 Å². The fraction of sp³-hybridized carbons (Fsp3) is 0.760. The standard InChI is InChI=1S/C50H85N3O18P2/c1-3-5-7-8-9-10-11-12-13-14-15-16-17-18-23-27-45(57)66-34-38-35-67-72(62,63)71-73(64,65)68-36-43-48(60)47(59)39(30-29-37(54)25-21-6-4-2)41(55)33-42(56)40(26-22-19-20-24-28-46(58)69-38)49(70-43)53-32-31-44(51)52-50(53)61/h9-10,12-13,29-32,37-43,47-49,54-56,59-60H,3-8,11,14-28,33-36H2,1-2H3,(H,62,63)(H,64,65)(H2,51,52,61)/b10-9-,13-12-,30-29-/t37-,38+,39-,40-,41+,42-,43+,47-,48+,49+/m0/s1. The van der Waals surface area contributed by atoms with Crippen LogP contribution in [0.2, 0.25) is 0 Å². The van der Waals surface area contributed by atoms with Gasteiger partial charge in [0.1, 0.15) is 30.9 Å². The summed E-state index contributed by atoms with van der Waals surface area (Å²) in [6.45, 7) is 1.51. The van der Waals surface area contributed by atoms with Crippen LogP contribution in [0.1, 0.15) is 168 Å². The lowest BCUT2D eigenvalue weighted by atomic mass is 9.82. The number of phosphoric acid groups is 2. The molecule has 23 heteroatoms. The number of hydrogen-bond acceptors (Lipinski definition) is 18. The van der Waals surface area contributed by atoms with Crippen molar-refractivity contribution in [1.82, 2.24) is 9.55 Å². The van der Waals surface area contributed by atoms with Gasteiger partial charge in [-0.2, -0.15) is 9.29 Å². The predicted molar refractivity (Wildman–Crippen MR) is 272 cm³/mol. The zero-order valence-corrected chi connectivity index (χ0v) is 44.6. The molecule has 0 aliphatic carbocycles. The van der Waals surface area contributed by atoms with Crippen LogP contribution >= 0.6 is 15.6 Å². The lowest BCUT2D eigenvalue weighted by Gasteiger charge is -2.41. The molecule has 0 amide bonds. The van der Waals surface area contributed by atoms with Crippen LogP contribution in [0.3, 0.4) is 0 Å². The van der Waals surface area contributed by atoms with Gasteiger partial charge in [-0.3, -0.25) is 23.2 Å². The molecule has 1 aromatic heterocycles. The molecule has 9 N–H and O–H groups in total. The number of phosphoric ester groups is 2. The van der Waals surface area contributed by atoms with Crippen molar-refractivity contribution in [2.24, 2.45) is 11.8 Å². The Morgan fingerprint density at radius 1 is 0.849 bits per heavy atom. The van der Waals surface area contributed by atoms with Gasteiger partial charge >= 0.3 is 33.3 Å². The summed E-state index contributed by atoms with van der Waals surface area (Å²) in [5.74, 6) is -3.99. The van der Waals surface area contributed by atoms with Crippen LogP contribution < -0.4 is 11.4 Å². The van der Waals surface area contributed by atoms with E-state index in [4.69, 9.17) is 29.0 Å². The number of cyclic esters (lactones) is 1. The number of allylic oxidation sites excluding steroid dienone is 4. The summed E-state index contributed by atoms with van der Waals surface area (Å²) in [5, 5.41) is 57.5. The van der Waals surface area contributed by atoms with Crippen molar-refractivity contribution < 1.29 is 81.6 Å². The Hall–Kier alpha value is -3.14. The molecular weight excluding hydrogens is 993 g/mol. The zero-order chi connectivity index (χ0) is 53.7. The van der Waals surface area contributed by atoms with Crippen LogP contribution in [-0.2, 0) is 46.3 Å². The molecule has 2 unspecified atom stereocenters. The Morgan fingerprint density at radius 3 is 2.19 bits per heavy atom. The predicted octanol–water partition coefficient (Wildman–Crippen LogP) is 7.16. The second-order valence-electron chi connectivity index (χ2n) is 19.0. The van der Waals surface area contributed by atoms with Crippen molar-refractivity contribution in [1.29, 1.82) is 0 Å². The third-order valence-electron chi connectivity index (χ3n) is 12.8. The maximum absolute atomic E-state index is 13.4. The fourth-order valence-electron chi connectivity index (χ4n) is 8.59. The molecule has 2 saturated heterocycles. The molecule has 0 spiro atoms. The largest absolute Gasteiger partial charge is 0.481 e. The first kappa shape index (κ1) is 64.1. The molecule has 21 nitrogen and oxygen atoms in total. The molecule has 2 aliphatic heterocycles. The zero-order valence-electron chi connectivity index (χ0n) is 42.8. The van der Waals surface area contributed by atoms with Crippen LogP contribution in [0.25, 0.3) is 0 Å². The molecule has 0 saturated carbocycles. The van der Waals surface area contributed by atoms with E-state index in [2.05, 4.69) is 40.5 Å². The van der Waals surface area contributed by atoms with E-state index in [1.165, 1.54) is 43.7 Å². The van der Waals surface area contributed by atoms with Crippen molar-refractivity contribution in [3.8, 4) is 0 Å². The van der Waals surface area contributed by atoms with Gasteiger partial charge < -0.3 is 55.3 Å². The Bertz CT molecular complexity index is 1990.